The highest BCUT2D eigenvalue weighted by atomic mass is 16.2. The fourth-order valence-electron chi connectivity index (χ4n) is 2.84. The monoisotopic (exact) mass is 339 g/mol. The number of nitrogens with one attached hydrogen (secondary N) is 1. The normalized spacial score (nSPS) is 15.2. The number of amides is 1. The number of hydrogen-bond acceptors (Lipinski definition) is 5. The predicted molar refractivity (Wildman–Crippen MR) is 99.6 cm³/mol. The molecule has 0 bridgehead atoms. The second-order valence-electron chi connectivity index (χ2n) is 6.39. The van der Waals surface area contributed by atoms with E-state index >= 15 is 0 Å². The largest absolute Gasteiger partial charge is 0.370 e. The van der Waals surface area contributed by atoms with Crippen molar-refractivity contribution >= 4 is 11.7 Å². The van der Waals surface area contributed by atoms with Crippen molar-refractivity contribution in [3.63, 3.8) is 0 Å². The Morgan fingerprint density at radius 3 is 2.52 bits per heavy atom. The van der Waals surface area contributed by atoms with Crippen LogP contribution in [0.25, 0.3) is 11.3 Å². The molecule has 25 heavy (non-hydrogen) atoms. The number of anilines is 1. The highest BCUT2D eigenvalue weighted by molar-refractivity contribution is 5.94. The first-order valence-electron chi connectivity index (χ1n) is 8.81. The molecule has 1 amide bonds. The Bertz CT molecular complexity index is 708. The number of piperazine rings is 1. The van der Waals surface area contributed by atoms with E-state index in [1.54, 1.807) is 6.33 Å². The van der Waals surface area contributed by atoms with Gasteiger partial charge < -0.3 is 15.1 Å². The van der Waals surface area contributed by atoms with Crippen LogP contribution in [0, 0.1) is 0 Å². The molecular formula is C19H25N5O. The Hall–Kier alpha value is -2.47. The maximum absolute atomic E-state index is 12.6. The fraction of sp³-hybridized carbons (Fsp3) is 0.421. The first kappa shape index (κ1) is 17.4. The van der Waals surface area contributed by atoms with E-state index in [2.05, 4.69) is 34.2 Å². The number of aromatic nitrogens is 2. The summed E-state index contributed by atoms with van der Waals surface area (Å²) >= 11 is 0. The molecule has 6 heteroatoms. The molecule has 6 nitrogen and oxygen atoms in total. The molecule has 1 aliphatic heterocycles. The minimum Gasteiger partial charge on any atom is -0.370 e. The molecule has 3 rings (SSSR count). The van der Waals surface area contributed by atoms with Gasteiger partial charge in [-0.3, -0.25) is 4.79 Å². The molecule has 1 fully saturated rings. The van der Waals surface area contributed by atoms with Gasteiger partial charge in [-0.05, 0) is 25.6 Å². The lowest BCUT2D eigenvalue weighted by Crippen LogP contribution is -2.47. The molecule has 0 atom stereocenters. The average molecular weight is 339 g/mol. The summed E-state index contributed by atoms with van der Waals surface area (Å²) < 4.78 is 0. The van der Waals surface area contributed by atoms with Crippen LogP contribution in [0.4, 0.5) is 5.82 Å². The van der Waals surface area contributed by atoms with Gasteiger partial charge in [0.1, 0.15) is 12.1 Å². The maximum Gasteiger partial charge on any atom is 0.253 e. The van der Waals surface area contributed by atoms with E-state index in [1.165, 1.54) is 0 Å². The molecule has 2 heterocycles. The molecule has 1 aromatic carbocycles. The van der Waals surface area contributed by atoms with Gasteiger partial charge in [-0.1, -0.05) is 19.1 Å². The number of likely N-dealkylation sites (N-methyl/N-ethyl adjacent to an activating group) is 1. The quantitative estimate of drug-likeness (QED) is 0.906. The van der Waals surface area contributed by atoms with Crippen molar-refractivity contribution in [2.75, 3.05) is 45.1 Å². The van der Waals surface area contributed by atoms with Crippen LogP contribution in [0.2, 0.25) is 0 Å². The van der Waals surface area contributed by atoms with E-state index in [4.69, 9.17) is 0 Å². The highest BCUT2D eigenvalue weighted by Gasteiger charge is 2.20. The van der Waals surface area contributed by atoms with Crippen LogP contribution in [0.15, 0.2) is 36.7 Å². The first-order chi connectivity index (χ1) is 12.2. The Labute approximate surface area is 148 Å². The average Bonchev–Trinajstić information content (AvgIpc) is 2.67. The third-order valence-electron chi connectivity index (χ3n) is 4.44. The third kappa shape index (κ3) is 4.33. The van der Waals surface area contributed by atoms with E-state index in [1.807, 2.05) is 35.2 Å². The van der Waals surface area contributed by atoms with Crippen molar-refractivity contribution in [3.8, 4) is 11.3 Å². The summed E-state index contributed by atoms with van der Waals surface area (Å²) in [7, 11) is 2.09. The molecule has 132 valence electrons. The van der Waals surface area contributed by atoms with Gasteiger partial charge in [-0.15, -0.1) is 0 Å². The smallest absolute Gasteiger partial charge is 0.253 e. The summed E-state index contributed by atoms with van der Waals surface area (Å²) in [4.78, 5) is 25.3. The fourth-order valence-corrected chi connectivity index (χ4v) is 2.84. The first-order valence-corrected chi connectivity index (χ1v) is 8.81. The van der Waals surface area contributed by atoms with Crippen LogP contribution in [0.3, 0.4) is 0 Å². The van der Waals surface area contributed by atoms with Crippen molar-refractivity contribution in [2.45, 2.75) is 13.3 Å². The summed E-state index contributed by atoms with van der Waals surface area (Å²) in [5, 5.41) is 3.26. The summed E-state index contributed by atoms with van der Waals surface area (Å²) in [5.41, 5.74) is 2.57. The molecule has 1 aromatic heterocycles. The molecule has 1 saturated heterocycles. The Kier molecular flexibility index (Phi) is 5.60. The molecule has 0 spiro atoms. The zero-order valence-electron chi connectivity index (χ0n) is 14.9. The van der Waals surface area contributed by atoms with Gasteiger partial charge in [0, 0.05) is 49.9 Å². The summed E-state index contributed by atoms with van der Waals surface area (Å²) in [5.74, 6) is 0.928. The summed E-state index contributed by atoms with van der Waals surface area (Å²) in [6, 6.07) is 9.62. The Morgan fingerprint density at radius 1 is 1.12 bits per heavy atom. The van der Waals surface area contributed by atoms with Gasteiger partial charge in [0.15, 0.2) is 0 Å². The minimum atomic E-state index is 0.104. The van der Waals surface area contributed by atoms with Crippen LogP contribution in [0.1, 0.15) is 23.7 Å². The SMILES string of the molecule is CCCNc1cc(-c2ccc(C(=O)N3CCN(C)CC3)cc2)ncn1. The molecular weight excluding hydrogens is 314 g/mol. The van der Waals surface area contributed by atoms with Gasteiger partial charge in [0.2, 0.25) is 0 Å². The van der Waals surface area contributed by atoms with Crippen molar-refractivity contribution < 1.29 is 4.79 Å². The van der Waals surface area contributed by atoms with E-state index in [-0.39, 0.29) is 5.91 Å². The zero-order chi connectivity index (χ0) is 17.6. The molecule has 0 saturated carbocycles. The Balaban J connectivity index is 1.70. The number of carbonyl (C=O) groups excluding carboxylic acids is 1. The summed E-state index contributed by atoms with van der Waals surface area (Å²) in [6.45, 7) is 6.43. The lowest BCUT2D eigenvalue weighted by molar-refractivity contribution is 0.0664. The van der Waals surface area contributed by atoms with Crippen molar-refractivity contribution in [1.29, 1.82) is 0 Å². The molecule has 1 N–H and O–H groups in total. The molecule has 2 aromatic rings. The van der Waals surface area contributed by atoms with E-state index < -0.39 is 0 Å². The third-order valence-corrected chi connectivity index (χ3v) is 4.44. The zero-order valence-corrected chi connectivity index (χ0v) is 14.9. The van der Waals surface area contributed by atoms with Gasteiger partial charge >= 0.3 is 0 Å². The second-order valence-corrected chi connectivity index (χ2v) is 6.39. The lowest BCUT2D eigenvalue weighted by atomic mass is 10.1. The van der Waals surface area contributed by atoms with Crippen LogP contribution < -0.4 is 5.32 Å². The predicted octanol–water partition coefficient (Wildman–Crippen LogP) is 2.35. The van der Waals surface area contributed by atoms with Crippen molar-refractivity contribution in [1.82, 2.24) is 19.8 Å². The van der Waals surface area contributed by atoms with Crippen molar-refractivity contribution in [3.05, 3.63) is 42.2 Å². The topological polar surface area (TPSA) is 61.4 Å². The summed E-state index contributed by atoms with van der Waals surface area (Å²) in [6.07, 6.45) is 2.61. The highest BCUT2D eigenvalue weighted by Crippen LogP contribution is 2.20. The molecule has 0 unspecified atom stereocenters. The minimum absolute atomic E-state index is 0.104. The van der Waals surface area contributed by atoms with Gasteiger partial charge in [0.05, 0.1) is 5.69 Å². The number of carbonyl (C=O) groups is 1. The van der Waals surface area contributed by atoms with Gasteiger partial charge in [0.25, 0.3) is 5.91 Å². The van der Waals surface area contributed by atoms with Crippen LogP contribution in [0.5, 0.6) is 0 Å². The van der Waals surface area contributed by atoms with Gasteiger partial charge in [-0.25, -0.2) is 9.97 Å². The molecule has 1 aliphatic rings. The van der Waals surface area contributed by atoms with Crippen molar-refractivity contribution in [2.24, 2.45) is 0 Å². The van der Waals surface area contributed by atoms with Gasteiger partial charge in [-0.2, -0.15) is 0 Å². The Morgan fingerprint density at radius 2 is 1.84 bits per heavy atom. The van der Waals surface area contributed by atoms with E-state index in [0.717, 1.165) is 61.8 Å². The second kappa shape index (κ2) is 8.07. The number of nitrogens with zero attached hydrogens (tertiary/aromatic N) is 4. The number of benzene rings is 1. The number of rotatable bonds is 5. The van der Waals surface area contributed by atoms with Crippen LogP contribution >= 0.6 is 0 Å². The molecule has 0 aliphatic carbocycles. The van der Waals surface area contributed by atoms with Crippen LogP contribution in [-0.4, -0.2) is 65.4 Å². The maximum atomic E-state index is 12.6. The molecule has 0 radical (unpaired) electrons. The van der Waals surface area contributed by atoms with E-state index in [0.29, 0.717) is 0 Å². The number of hydrogen-bond donors (Lipinski definition) is 1. The standard InChI is InChI=1S/C19H25N5O/c1-3-8-20-18-13-17(21-14-22-18)15-4-6-16(7-5-15)19(25)24-11-9-23(2)10-12-24/h4-7,13-14H,3,8-12H2,1-2H3,(H,20,21,22). The van der Waals surface area contributed by atoms with E-state index in [9.17, 15) is 4.79 Å². The van der Waals surface area contributed by atoms with Crippen LogP contribution in [-0.2, 0) is 0 Å². The lowest BCUT2D eigenvalue weighted by Gasteiger charge is -2.32.